The Hall–Kier alpha value is -3.22. The number of amides is 1. The molecule has 26 heavy (non-hydrogen) atoms. The van der Waals surface area contributed by atoms with E-state index in [-0.39, 0.29) is 6.61 Å². The lowest BCUT2D eigenvalue weighted by atomic mass is 10.1. The second-order valence-electron chi connectivity index (χ2n) is 6.21. The number of anilines is 1. The monoisotopic (exact) mass is 352 g/mol. The van der Waals surface area contributed by atoms with Crippen molar-refractivity contribution in [3.8, 4) is 0 Å². The molecule has 1 amide bonds. The van der Waals surface area contributed by atoms with E-state index < -0.39 is 11.9 Å². The molecule has 0 atom stereocenters. The second kappa shape index (κ2) is 6.95. The van der Waals surface area contributed by atoms with E-state index in [1.54, 1.807) is 43.8 Å². The maximum Gasteiger partial charge on any atom is 0.339 e. The van der Waals surface area contributed by atoms with Crippen LogP contribution in [0, 0.1) is 20.8 Å². The van der Waals surface area contributed by atoms with E-state index in [1.165, 1.54) is 0 Å². The number of hydrogen-bond donors (Lipinski definition) is 1. The predicted octanol–water partition coefficient (Wildman–Crippen LogP) is 2.69. The van der Waals surface area contributed by atoms with Gasteiger partial charge in [-0.25, -0.2) is 9.78 Å². The van der Waals surface area contributed by atoms with Crippen molar-refractivity contribution >= 4 is 28.6 Å². The van der Waals surface area contributed by atoms with Gasteiger partial charge < -0.3 is 10.1 Å². The average molecular weight is 352 g/mol. The number of ether oxygens (including phenoxy) is 1. The third-order valence-electron chi connectivity index (χ3n) is 3.99. The number of pyridine rings is 1. The fourth-order valence-corrected chi connectivity index (χ4v) is 2.77. The van der Waals surface area contributed by atoms with Crippen LogP contribution in [0.2, 0.25) is 0 Å². The Morgan fingerprint density at radius 1 is 1.15 bits per heavy atom. The molecule has 7 heteroatoms. The van der Waals surface area contributed by atoms with Gasteiger partial charge in [0.05, 0.1) is 16.6 Å². The Labute approximate surface area is 151 Å². The van der Waals surface area contributed by atoms with E-state index in [9.17, 15) is 9.59 Å². The highest BCUT2D eigenvalue weighted by molar-refractivity contribution is 6.04. The highest BCUT2D eigenvalue weighted by Gasteiger charge is 2.19. The summed E-state index contributed by atoms with van der Waals surface area (Å²) in [5.41, 5.74) is 4.09. The van der Waals surface area contributed by atoms with Gasteiger partial charge in [0.1, 0.15) is 0 Å². The first-order valence-electron chi connectivity index (χ1n) is 8.19. The largest absolute Gasteiger partial charge is 0.452 e. The van der Waals surface area contributed by atoms with Gasteiger partial charge in [-0.3, -0.25) is 9.48 Å². The first kappa shape index (κ1) is 17.6. The zero-order chi connectivity index (χ0) is 18.8. The Kier molecular flexibility index (Phi) is 4.71. The van der Waals surface area contributed by atoms with Crippen LogP contribution < -0.4 is 5.32 Å². The van der Waals surface area contributed by atoms with Crippen molar-refractivity contribution in [2.45, 2.75) is 20.8 Å². The fourth-order valence-electron chi connectivity index (χ4n) is 2.77. The molecule has 2 heterocycles. The maximum absolute atomic E-state index is 12.5. The number of nitrogens with one attached hydrogen (secondary N) is 1. The molecule has 0 aliphatic heterocycles. The SMILES string of the molecule is Cc1ccc(NC(=O)COC(=O)c2cc(C)nc3c2c(C)nn3C)cc1. The number of esters is 1. The van der Waals surface area contributed by atoms with Gasteiger partial charge in [-0.2, -0.15) is 5.10 Å². The zero-order valence-electron chi connectivity index (χ0n) is 15.2. The summed E-state index contributed by atoms with van der Waals surface area (Å²) in [6.07, 6.45) is 0. The van der Waals surface area contributed by atoms with Crippen LogP contribution in [0.1, 0.15) is 27.3 Å². The Bertz CT molecular complexity index is 990. The molecule has 3 aromatic rings. The van der Waals surface area contributed by atoms with E-state index >= 15 is 0 Å². The standard InChI is InChI=1S/C19H20N4O3/c1-11-5-7-14(8-6-11)21-16(24)10-26-19(25)15-9-12(2)20-18-17(15)13(3)22-23(18)4/h5-9H,10H2,1-4H3,(H,21,24). The quantitative estimate of drug-likeness (QED) is 0.730. The minimum atomic E-state index is -0.573. The van der Waals surface area contributed by atoms with Gasteiger partial charge in [-0.1, -0.05) is 17.7 Å². The van der Waals surface area contributed by atoms with Crippen molar-refractivity contribution in [3.63, 3.8) is 0 Å². The van der Waals surface area contributed by atoms with E-state index in [1.807, 2.05) is 19.1 Å². The molecule has 1 aromatic carbocycles. The van der Waals surface area contributed by atoms with E-state index in [0.29, 0.717) is 33.7 Å². The van der Waals surface area contributed by atoms with Crippen LogP contribution in [0.4, 0.5) is 5.69 Å². The second-order valence-corrected chi connectivity index (χ2v) is 6.21. The van der Waals surface area contributed by atoms with Crippen LogP contribution in [0.15, 0.2) is 30.3 Å². The van der Waals surface area contributed by atoms with Gasteiger partial charge >= 0.3 is 5.97 Å². The number of aryl methyl sites for hydroxylation is 4. The highest BCUT2D eigenvalue weighted by atomic mass is 16.5. The molecule has 0 fully saturated rings. The van der Waals surface area contributed by atoms with Gasteiger partial charge in [0.2, 0.25) is 0 Å². The smallest absolute Gasteiger partial charge is 0.339 e. The highest BCUT2D eigenvalue weighted by Crippen LogP contribution is 2.22. The van der Waals surface area contributed by atoms with E-state index in [4.69, 9.17) is 4.74 Å². The number of carbonyl (C=O) groups is 2. The molecule has 0 spiro atoms. The summed E-state index contributed by atoms with van der Waals surface area (Å²) in [7, 11) is 1.77. The van der Waals surface area contributed by atoms with Crippen molar-refractivity contribution in [1.29, 1.82) is 0 Å². The predicted molar refractivity (Wildman–Crippen MR) is 98.1 cm³/mol. The molecular formula is C19H20N4O3. The number of nitrogens with zero attached hydrogens (tertiary/aromatic N) is 3. The van der Waals surface area contributed by atoms with Crippen LogP contribution >= 0.6 is 0 Å². The average Bonchev–Trinajstić information content (AvgIpc) is 2.88. The number of aromatic nitrogens is 3. The van der Waals surface area contributed by atoms with Gasteiger partial charge in [0.25, 0.3) is 5.91 Å². The van der Waals surface area contributed by atoms with E-state index in [2.05, 4.69) is 15.4 Å². The lowest BCUT2D eigenvalue weighted by Gasteiger charge is -2.08. The van der Waals surface area contributed by atoms with Crippen molar-refractivity contribution in [1.82, 2.24) is 14.8 Å². The first-order chi connectivity index (χ1) is 12.3. The lowest BCUT2D eigenvalue weighted by molar-refractivity contribution is -0.119. The Balaban J connectivity index is 1.73. The summed E-state index contributed by atoms with van der Waals surface area (Å²) in [5.74, 6) is -0.970. The van der Waals surface area contributed by atoms with Gasteiger partial charge in [-0.05, 0) is 39.0 Å². The minimum Gasteiger partial charge on any atom is -0.452 e. The molecule has 0 radical (unpaired) electrons. The van der Waals surface area contributed by atoms with Crippen molar-refractivity contribution in [2.24, 2.45) is 7.05 Å². The molecular weight excluding hydrogens is 332 g/mol. The molecule has 0 saturated carbocycles. The number of benzene rings is 1. The Morgan fingerprint density at radius 2 is 1.85 bits per heavy atom. The number of fused-ring (bicyclic) bond motifs is 1. The fraction of sp³-hybridized carbons (Fsp3) is 0.263. The first-order valence-corrected chi connectivity index (χ1v) is 8.19. The van der Waals surface area contributed by atoms with Crippen LogP contribution in [0.25, 0.3) is 11.0 Å². The molecule has 2 aromatic heterocycles. The summed E-state index contributed by atoms with van der Waals surface area (Å²) in [6, 6.07) is 9.03. The molecule has 134 valence electrons. The number of carbonyl (C=O) groups excluding carboxylic acids is 2. The topological polar surface area (TPSA) is 86.1 Å². The number of hydrogen-bond acceptors (Lipinski definition) is 5. The summed E-state index contributed by atoms with van der Waals surface area (Å²) < 4.78 is 6.82. The molecule has 0 aliphatic rings. The maximum atomic E-state index is 12.5. The zero-order valence-corrected chi connectivity index (χ0v) is 15.2. The summed E-state index contributed by atoms with van der Waals surface area (Å²) in [4.78, 5) is 28.9. The van der Waals surface area contributed by atoms with Gasteiger partial charge in [-0.15, -0.1) is 0 Å². The van der Waals surface area contributed by atoms with Crippen LogP contribution in [0.3, 0.4) is 0 Å². The number of rotatable bonds is 4. The molecule has 0 aliphatic carbocycles. The van der Waals surface area contributed by atoms with Crippen molar-refractivity contribution < 1.29 is 14.3 Å². The van der Waals surface area contributed by atoms with Crippen LogP contribution in [-0.4, -0.2) is 33.2 Å². The van der Waals surface area contributed by atoms with E-state index in [0.717, 1.165) is 5.56 Å². The van der Waals surface area contributed by atoms with Gasteiger partial charge in [0.15, 0.2) is 12.3 Å². The van der Waals surface area contributed by atoms with Crippen molar-refractivity contribution in [3.05, 3.63) is 52.8 Å². The molecule has 0 saturated heterocycles. The third kappa shape index (κ3) is 3.56. The molecule has 3 rings (SSSR count). The lowest BCUT2D eigenvalue weighted by Crippen LogP contribution is -2.21. The van der Waals surface area contributed by atoms with Crippen molar-refractivity contribution in [2.75, 3.05) is 11.9 Å². The Morgan fingerprint density at radius 3 is 2.54 bits per heavy atom. The molecule has 7 nitrogen and oxygen atoms in total. The van der Waals surface area contributed by atoms with Gasteiger partial charge in [0, 0.05) is 18.4 Å². The van der Waals surface area contributed by atoms with Crippen LogP contribution in [-0.2, 0) is 16.6 Å². The minimum absolute atomic E-state index is 0.362. The summed E-state index contributed by atoms with van der Waals surface area (Å²) in [5, 5.41) is 7.64. The van der Waals surface area contributed by atoms with Crippen LogP contribution in [0.5, 0.6) is 0 Å². The summed E-state index contributed by atoms with van der Waals surface area (Å²) in [6.45, 7) is 5.20. The molecule has 0 unspecified atom stereocenters. The molecule has 1 N–H and O–H groups in total. The third-order valence-corrected chi connectivity index (χ3v) is 3.99. The summed E-state index contributed by atoms with van der Waals surface area (Å²) >= 11 is 0. The molecule has 0 bridgehead atoms. The normalized spacial score (nSPS) is 10.8.